The van der Waals surface area contributed by atoms with Crippen LogP contribution >= 0.6 is 0 Å². The van der Waals surface area contributed by atoms with Gasteiger partial charge in [0.25, 0.3) is 0 Å². The Morgan fingerprint density at radius 3 is 2.96 bits per heavy atom. The molecule has 0 bridgehead atoms. The number of aliphatic hydroxyl groups excluding tert-OH is 1. The molecule has 0 radical (unpaired) electrons. The van der Waals surface area contributed by atoms with Crippen molar-refractivity contribution in [2.75, 3.05) is 0 Å². The minimum Gasteiger partial charge on any atom is -0.388 e. The molecule has 0 saturated carbocycles. The molecular weight excluding hydrogens is 288 g/mol. The van der Waals surface area contributed by atoms with Gasteiger partial charge in [-0.1, -0.05) is 24.3 Å². The smallest absolute Gasteiger partial charge is 0.0956 e. The lowest BCUT2D eigenvalue weighted by molar-refractivity contribution is 0.0713. The van der Waals surface area contributed by atoms with E-state index in [1.54, 1.807) is 0 Å². The lowest BCUT2D eigenvalue weighted by Crippen LogP contribution is -2.28. The fraction of sp³-hybridized carbons (Fsp3) is 0.333. The summed E-state index contributed by atoms with van der Waals surface area (Å²) in [5.41, 5.74) is 5.82. The van der Waals surface area contributed by atoms with Crippen molar-refractivity contribution >= 4 is 0 Å². The second-order valence-corrected chi connectivity index (χ2v) is 6.54. The van der Waals surface area contributed by atoms with Crippen LogP contribution in [-0.4, -0.2) is 24.4 Å². The number of nitrogens with zero attached hydrogens (tertiary/aromatic N) is 4. The van der Waals surface area contributed by atoms with Gasteiger partial charge >= 0.3 is 0 Å². The number of aromatic nitrogens is 4. The summed E-state index contributed by atoms with van der Waals surface area (Å²) in [5.74, 6) is 0.142. The molecule has 0 fully saturated rings. The summed E-state index contributed by atoms with van der Waals surface area (Å²) < 4.78 is 4.11. The zero-order valence-corrected chi connectivity index (χ0v) is 12.9. The van der Waals surface area contributed by atoms with Crippen LogP contribution in [-0.2, 0) is 13.5 Å². The molecule has 116 valence electrons. The first-order valence-electron chi connectivity index (χ1n) is 8.05. The maximum atomic E-state index is 11.0. The molecule has 0 spiro atoms. The second-order valence-electron chi connectivity index (χ2n) is 6.54. The van der Waals surface area contributed by atoms with Gasteiger partial charge in [-0.25, -0.2) is 4.98 Å². The minimum absolute atomic E-state index is 0.142. The number of imidazole rings is 1. The lowest BCUT2D eigenvalue weighted by Gasteiger charge is -2.33. The molecular formula is C18H18N4O. The predicted molar refractivity (Wildman–Crippen MR) is 85.8 cm³/mol. The van der Waals surface area contributed by atoms with Gasteiger partial charge in [0.2, 0.25) is 0 Å². The van der Waals surface area contributed by atoms with Crippen molar-refractivity contribution in [3.05, 3.63) is 59.8 Å². The van der Waals surface area contributed by atoms with Gasteiger partial charge in [0, 0.05) is 29.8 Å². The van der Waals surface area contributed by atoms with Gasteiger partial charge in [-0.3, -0.25) is 4.68 Å². The molecule has 5 nitrogen and oxygen atoms in total. The van der Waals surface area contributed by atoms with Crippen molar-refractivity contribution < 1.29 is 5.11 Å². The number of hydrogen-bond donors (Lipinski definition) is 1. The van der Waals surface area contributed by atoms with Crippen LogP contribution in [0, 0.1) is 5.92 Å². The zero-order chi connectivity index (χ0) is 15.6. The van der Waals surface area contributed by atoms with Gasteiger partial charge in [0.15, 0.2) is 0 Å². The maximum absolute atomic E-state index is 11.0. The van der Waals surface area contributed by atoms with Crippen molar-refractivity contribution in [1.82, 2.24) is 19.3 Å². The zero-order valence-electron chi connectivity index (χ0n) is 12.9. The largest absolute Gasteiger partial charge is 0.388 e. The van der Waals surface area contributed by atoms with Crippen LogP contribution < -0.4 is 0 Å². The van der Waals surface area contributed by atoms with E-state index < -0.39 is 6.10 Å². The van der Waals surface area contributed by atoms with Crippen molar-refractivity contribution in [1.29, 1.82) is 0 Å². The van der Waals surface area contributed by atoms with Gasteiger partial charge in [0.1, 0.15) is 0 Å². The van der Waals surface area contributed by atoms with E-state index in [9.17, 15) is 5.11 Å². The molecule has 0 amide bonds. The Labute approximate surface area is 134 Å². The monoisotopic (exact) mass is 306 g/mol. The Balaban J connectivity index is 1.63. The minimum atomic E-state index is -0.487. The summed E-state index contributed by atoms with van der Waals surface area (Å²) in [7, 11) is 1.95. The standard InChI is InChI=1S/C18H18N4O/c1-21-15-7-6-13(18(23)14(15)8-20-21)17-12-5-3-2-4-11(12)16-9-19-10-22(16)17/h2-5,8-10,13,17-18,23H,6-7H2,1H3. The second kappa shape index (κ2) is 4.55. The van der Waals surface area contributed by atoms with Gasteiger partial charge in [-0.05, 0) is 18.4 Å². The Hall–Kier alpha value is -2.40. The summed E-state index contributed by atoms with van der Waals surface area (Å²) in [4.78, 5) is 4.33. The van der Waals surface area contributed by atoms with Gasteiger partial charge in [0.05, 0.1) is 36.6 Å². The van der Waals surface area contributed by atoms with E-state index in [2.05, 4.69) is 38.9 Å². The SMILES string of the molecule is Cn1ncc2c1CCC(C1c3ccccc3-c3cncn31)C2O. The van der Waals surface area contributed by atoms with E-state index in [0.29, 0.717) is 0 Å². The highest BCUT2D eigenvalue weighted by atomic mass is 16.3. The highest BCUT2D eigenvalue weighted by molar-refractivity contribution is 5.69. The topological polar surface area (TPSA) is 55.9 Å². The molecule has 1 N–H and O–H groups in total. The summed E-state index contributed by atoms with van der Waals surface area (Å²) in [6, 6.07) is 8.62. The third-order valence-electron chi connectivity index (χ3n) is 5.46. The van der Waals surface area contributed by atoms with Crippen LogP contribution in [0.3, 0.4) is 0 Å². The number of fused-ring (bicyclic) bond motifs is 4. The molecule has 1 aliphatic heterocycles. The highest BCUT2D eigenvalue weighted by Crippen LogP contribution is 2.49. The first-order valence-corrected chi connectivity index (χ1v) is 8.05. The van der Waals surface area contributed by atoms with Gasteiger partial charge in [-0.15, -0.1) is 0 Å². The molecule has 3 unspecified atom stereocenters. The highest BCUT2D eigenvalue weighted by Gasteiger charge is 2.41. The van der Waals surface area contributed by atoms with Crippen LogP contribution in [0.1, 0.15) is 35.4 Å². The Kier molecular flexibility index (Phi) is 2.59. The molecule has 2 aliphatic rings. The third kappa shape index (κ3) is 1.65. The fourth-order valence-electron chi connectivity index (χ4n) is 4.37. The summed E-state index contributed by atoms with van der Waals surface area (Å²) in [6.45, 7) is 0. The molecule has 3 aromatic rings. The van der Waals surface area contributed by atoms with Crippen molar-refractivity contribution in [2.24, 2.45) is 13.0 Å². The van der Waals surface area contributed by atoms with Crippen LogP contribution in [0.5, 0.6) is 0 Å². The van der Waals surface area contributed by atoms with Crippen LogP contribution in [0.2, 0.25) is 0 Å². The summed E-state index contributed by atoms with van der Waals surface area (Å²) >= 11 is 0. The number of rotatable bonds is 1. The normalized spacial score (nSPS) is 25.0. The van der Waals surface area contributed by atoms with Crippen LogP contribution in [0.4, 0.5) is 0 Å². The van der Waals surface area contributed by atoms with Crippen LogP contribution in [0.15, 0.2) is 43.0 Å². The summed E-state index contributed by atoms with van der Waals surface area (Å²) in [6.07, 6.45) is 7.05. The quantitative estimate of drug-likeness (QED) is 0.751. The van der Waals surface area contributed by atoms with E-state index in [4.69, 9.17) is 0 Å². The molecule has 1 aliphatic carbocycles. The van der Waals surface area contributed by atoms with Crippen molar-refractivity contribution in [2.45, 2.75) is 25.0 Å². The lowest BCUT2D eigenvalue weighted by atomic mass is 9.78. The maximum Gasteiger partial charge on any atom is 0.0956 e. The number of aliphatic hydroxyl groups is 1. The Morgan fingerprint density at radius 2 is 2.04 bits per heavy atom. The molecule has 0 saturated heterocycles. The van der Waals surface area contributed by atoms with E-state index in [0.717, 1.165) is 29.8 Å². The third-order valence-corrected chi connectivity index (χ3v) is 5.46. The molecule has 3 atom stereocenters. The van der Waals surface area contributed by atoms with E-state index in [-0.39, 0.29) is 12.0 Å². The van der Waals surface area contributed by atoms with Gasteiger partial charge in [-0.2, -0.15) is 5.10 Å². The molecule has 3 heterocycles. The molecule has 1 aromatic carbocycles. The number of benzene rings is 1. The Morgan fingerprint density at radius 1 is 1.17 bits per heavy atom. The molecule has 5 rings (SSSR count). The first kappa shape index (κ1) is 13.1. The number of hydrogen-bond acceptors (Lipinski definition) is 3. The van der Waals surface area contributed by atoms with E-state index >= 15 is 0 Å². The van der Waals surface area contributed by atoms with Crippen molar-refractivity contribution in [3.8, 4) is 11.3 Å². The van der Waals surface area contributed by atoms with E-state index in [1.165, 1.54) is 11.1 Å². The average Bonchev–Trinajstić information content (AvgIpc) is 3.24. The fourth-order valence-corrected chi connectivity index (χ4v) is 4.37. The molecule has 2 aromatic heterocycles. The van der Waals surface area contributed by atoms with Crippen molar-refractivity contribution in [3.63, 3.8) is 0 Å². The molecule has 23 heavy (non-hydrogen) atoms. The van der Waals surface area contributed by atoms with Crippen LogP contribution in [0.25, 0.3) is 11.3 Å². The number of aryl methyl sites for hydroxylation is 1. The Bertz CT molecular complexity index is 894. The van der Waals surface area contributed by atoms with E-state index in [1.807, 2.05) is 30.5 Å². The summed E-state index contributed by atoms with van der Waals surface area (Å²) in [5, 5.41) is 15.3. The predicted octanol–water partition coefficient (Wildman–Crippen LogP) is 2.48. The van der Waals surface area contributed by atoms with Gasteiger partial charge < -0.3 is 9.67 Å². The molecule has 5 heteroatoms. The first-order chi connectivity index (χ1) is 11.3. The average molecular weight is 306 g/mol.